The minimum absolute atomic E-state index is 0.0875. The van der Waals surface area contributed by atoms with E-state index in [1.54, 1.807) is 7.11 Å². The second kappa shape index (κ2) is 10.4. The van der Waals surface area contributed by atoms with Crippen LogP contribution in [0.15, 0.2) is 24.3 Å². The standard InChI is InChI=1S/C24H35N5O3/c1-18(2)29-22-9-16-32-17-21(22)23(26-29)24(30)25-10-4-11-27-12-14-28(15-13-27)19-5-7-20(31-3)8-6-19/h5-8,18H,4,9-17H2,1-3H3,(H,25,30). The average Bonchev–Trinajstić information content (AvgIpc) is 3.22. The minimum Gasteiger partial charge on any atom is -0.497 e. The summed E-state index contributed by atoms with van der Waals surface area (Å²) >= 11 is 0. The number of carbonyl (C=O) groups is 1. The molecule has 1 amide bonds. The fraction of sp³-hybridized carbons (Fsp3) is 0.583. The zero-order valence-corrected chi connectivity index (χ0v) is 19.5. The zero-order chi connectivity index (χ0) is 22.5. The third-order valence-electron chi connectivity index (χ3n) is 6.30. The van der Waals surface area contributed by atoms with E-state index in [4.69, 9.17) is 9.47 Å². The Kier molecular flexibility index (Phi) is 7.32. The van der Waals surface area contributed by atoms with Crippen molar-refractivity contribution in [3.05, 3.63) is 41.2 Å². The van der Waals surface area contributed by atoms with Crippen LogP contribution in [0.3, 0.4) is 0 Å². The molecule has 0 aliphatic carbocycles. The maximum atomic E-state index is 12.8. The Bertz CT molecular complexity index is 901. The fourth-order valence-electron chi connectivity index (χ4n) is 4.48. The Morgan fingerprint density at radius 2 is 1.94 bits per heavy atom. The number of amides is 1. The van der Waals surface area contributed by atoms with Crippen LogP contribution in [0.1, 0.15) is 48.1 Å². The number of nitrogens with one attached hydrogen (secondary N) is 1. The molecule has 8 heteroatoms. The van der Waals surface area contributed by atoms with Gasteiger partial charge >= 0.3 is 0 Å². The van der Waals surface area contributed by atoms with Gasteiger partial charge in [-0.1, -0.05) is 0 Å². The van der Waals surface area contributed by atoms with Crippen molar-refractivity contribution < 1.29 is 14.3 Å². The van der Waals surface area contributed by atoms with Crippen LogP contribution in [-0.4, -0.2) is 73.6 Å². The molecule has 1 fully saturated rings. The molecule has 174 valence electrons. The molecule has 0 radical (unpaired) electrons. The van der Waals surface area contributed by atoms with Gasteiger partial charge < -0.3 is 19.7 Å². The molecular formula is C24H35N5O3. The number of benzene rings is 1. The lowest BCUT2D eigenvalue weighted by Gasteiger charge is -2.36. The van der Waals surface area contributed by atoms with Crippen LogP contribution in [0.2, 0.25) is 0 Å². The molecule has 0 saturated carbocycles. The number of methoxy groups -OCH3 is 1. The van der Waals surface area contributed by atoms with Crippen LogP contribution in [0.25, 0.3) is 0 Å². The summed E-state index contributed by atoms with van der Waals surface area (Å²) in [6.07, 6.45) is 1.74. The molecule has 32 heavy (non-hydrogen) atoms. The molecule has 0 unspecified atom stereocenters. The topological polar surface area (TPSA) is 71.9 Å². The summed E-state index contributed by atoms with van der Waals surface area (Å²) in [4.78, 5) is 17.7. The van der Waals surface area contributed by atoms with Crippen LogP contribution in [0.4, 0.5) is 5.69 Å². The first-order valence-electron chi connectivity index (χ1n) is 11.6. The van der Waals surface area contributed by atoms with E-state index >= 15 is 0 Å². The molecular weight excluding hydrogens is 406 g/mol. The normalized spacial score (nSPS) is 16.8. The SMILES string of the molecule is COc1ccc(N2CCN(CCCNC(=O)c3nn(C(C)C)c4c3COCC4)CC2)cc1. The van der Waals surface area contributed by atoms with Gasteiger partial charge in [-0.3, -0.25) is 14.4 Å². The quantitative estimate of drug-likeness (QED) is 0.635. The van der Waals surface area contributed by atoms with Crippen molar-refractivity contribution in [3.8, 4) is 5.75 Å². The van der Waals surface area contributed by atoms with Crippen molar-refractivity contribution in [2.24, 2.45) is 0 Å². The van der Waals surface area contributed by atoms with Gasteiger partial charge in [0.15, 0.2) is 5.69 Å². The van der Waals surface area contributed by atoms with Gasteiger partial charge in [-0.25, -0.2) is 0 Å². The predicted molar refractivity (Wildman–Crippen MR) is 125 cm³/mol. The smallest absolute Gasteiger partial charge is 0.272 e. The molecule has 0 spiro atoms. The first kappa shape index (κ1) is 22.6. The van der Waals surface area contributed by atoms with Gasteiger partial charge in [-0.2, -0.15) is 5.10 Å². The van der Waals surface area contributed by atoms with Crippen LogP contribution >= 0.6 is 0 Å². The number of nitrogens with zero attached hydrogens (tertiary/aromatic N) is 4. The number of hydrogen-bond acceptors (Lipinski definition) is 6. The van der Waals surface area contributed by atoms with Crippen molar-refractivity contribution >= 4 is 11.6 Å². The van der Waals surface area contributed by atoms with E-state index < -0.39 is 0 Å². The number of ether oxygens (including phenoxy) is 2. The molecule has 0 bridgehead atoms. The first-order chi connectivity index (χ1) is 15.6. The molecule has 2 aliphatic heterocycles. The molecule has 2 aromatic rings. The van der Waals surface area contributed by atoms with Crippen molar-refractivity contribution in [1.29, 1.82) is 0 Å². The summed E-state index contributed by atoms with van der Waals surface area (Å²) < 4.78 is 12.8. The van der Waals surface area contributed by atoms with Gasteiger partial charge in [-0.05, 0) is 51.1 Å². The number of fused-ring (bicyclic) bond motifs is 1. The summed E-state index contributed by atoms with van der Waals surface area (Å²) in [6.45, 7) is 11.1. The van der Waals surface area contributed by atoms with Crippen LogP contribution < -0.4 is 15.0 Å². The summed E-state index contributed by atoms with van der Waals surface area (Å²) in [5, 5.41) is 7.68. The Balaban J connectivity index is 1.21. The molecule has 1 saturated heterocycles. The van der Waals surface area contributed by atoms with E-state index in [1.165, 1.54) is 5.69 Å². The van der Waals surface area contributed by atoms with Crippen molar-refractivity contribution in [3.63, 3.8) is 0 Å². The number of rotatable bonds is 8. The lowest BCUT2D eigenvalue weighted by molar-refractivity contribution is 0.0923. The molecule has 0 atom stereocenters. The second-order valence-corrected chi connectivity index (χ2v) is 8.75. The highest BCUT2D eigenvalue weighted by atomic mass is 16.5. The van der Waals surface area contributed by atoms with E-state index in [0.29, 0.717) is 25.5 Å². The maximum absolute atomic E-state index is 12.8. The summed E-state index contributed by atoms with van der Waals surface area (Å²) in [6, 6.07) is 8.50. The molecule has 4 rings (SSSR count). The van der Waals surface area contributed by atoms with E-state index in [-0.39, 0.29) is 11.9 Å². The van der Waals surface area contributed by atoms with E-state index in [2.05, 4.69) is 46.2 Å². The Morgan fingerprint density at radius 3 is 2.62 bits per heavy atom. The van der Waals surface area contributed by atoms with Crippen molar-refractivity contribution in [2.45, 2.75) is 39.3 Å². The molecule has 8 nitrogen and oxygen atoms in total. The maximum Gasteiger partial charge on any atom is 0.272 e. The van der Waals surface area contributed by atoms with E-state index in [0.717, 1.165) is 62.6 Å². The summed E-state index contributed by atoms with van der Waals surface area (Å²) in [5.74, 6) is 0.800. The zero-order valence-electron chi connectivity index (χ0n) is 19.5. The van der Waals surface area contributed by atoms with Gasteiger partial charge in [-0.15, -0.1) is 0 Å². The van der Waals surface area contributed by atoms with Gasteiger partial charge in [0.1, 0.15) is 5.75 Å². The minimum atomic E-state index is -0.0875. The van der Waals surface area contributed by atoms with Crippen LogP contribution in [-0.2, 0) is 17.8 Å². The van der Waals surface area contributed by atoms with Crippen LogP contribution in [0, 0.1) is 0 Å². The fourth-order valence-corrected chi connectivity index (χ4v) is 4.48. The summed E-state index contributed by atoms with van der Waals surface area (Å²) in [5.41, 5.74) is 3.87. The Morgan fingerprint density at radius 1 is 1.19 bits per heavy atom. The Labute approximate surface area is 190 Å². The highest BCUT2D eigenvalue weighted by molar-refractivity contribution is 5.94. The highest BCUT2D eigenvalue weighted by Gasteiger charge is 2.26. The van der Waals surface area contributed by atoms with Gasteiger partial charge in [0.25, 0.3) is 5.91 Å². The number of carbonyl (C=O) groups excluding carboxylic acids is 1. The molecule has 3 heterocycles. The monoisotopic (exact) mass is 441 g/mol. The van der Waals surface area contributed by atoms with E-state index in [1.807, 2.05) is 16.8 Å². The van der Waals surface area contributed by atoms with E-state index in [9.17, 15) is 4.79 Å². The lowest BCUT2D eigenvalue weighted by Crippen LogP contribution is -2.47. The van der Waals surface area contributed by atoms with Crippen molar-refractivity contribution in [2.75, 3.05) is 57.9 Å². The highest BCUT2D eigenvalue weighted by Crippen LogP contribution is 2.24. The average molecular weight is 442 g/mol. The predicted octanol–water partition coefficient (Wildman–Crippen LogP) is 2.49. The largest absolute Gasteiger partial charge is 0.497 e. The van der Waals surface area contributed by atoms with Crippen LogP contribution in [0.5, 0.6) is 5.75 Å². The number of piperazine rings is 1. The number of anilines is 1. The third-order valence-corrected chi connectivity index (χ3v) is 6.30. The van der Waals surface area contributed by atoms with Gasteiger partial charge in [0, 0.05) is 62.1 Å². The summed E-state index contributed by atoms with van der Waals surface area (Å²) in [7, 11) is 1.69. The van der Waals surface area contributed by atoms with Gasteiger partial charge in [0.2, 0.25) is 0 Å². The van der Waals surface area contributed by atoms with Gasteiger partial charge in [0.05, 0.1) is 20.3 Å². The molecule has 1 aromatic heterocycles. The van der Waals surface area contributed by atoms with Crippen molar-refractivity contribution in [1.82, 2.24) is 20.0 Å². The third kappa shape index (κ3) is 5.07. The molecule has 1 N–H and O–H groups in total. The molecule has 2 aliphatic rings. The molecule has 1 aromatic carbocycles. The number of aromatic nitrogens is 2. The first-order valence-corrected chi connectivity index (χ1v) is 11.6. The Hall–Kier alpha value is -2.58. The number of hydrogen-bond donors (Lipinski definition) is 1. The lowest BCUT2D eigenvalue weighted by atomic mass is 10.1. The second-order valence-electron chi connectivity index (χ2n) is 8.75.